The Bertz CT molecular complexity index is 4730. The number of hydrogen-bond acceptors (Lipinski definition) is 6. The van der Waals surface area contributed by atoms with Gasteiger partial charge in [-0.1, -0.05) is 133 Å². The van der Waals surface area contributed by atoms with Gasteiger partial charge in [0.1, 0.15) is 11.2 Å². The summed E-state index contributed by atoms with van der Waals surface area (Å²) in [7, 11) is 0. The predicted octanol–water partition coefficient (Wildman–Crippen LogP) is 18.6. The zero-order chi connectivity index (χ0) is 47.0. The Morgan fingerprint density at radius 3 is 1.42 bits per heavy atom. The molecule has 0 bridgehead atoms. The maximum atomic E-state index is 6.42. The number of nitrogens with zero attached hydrogens (tertiary/aromatic N) is 4. The Kier molecular flexibility index (Phi) is 8.43. The van der Waals surface area contributed by atoms with Gasteiger partial charge in [0, 0.05) is 84.1 Å². The highest BCUT2D eigenvalue weighted by molar-refractivity contribution is 7.26. The third kappa shape index (κ3) is 5.95. The highest BCUT2D eigenvalue weighted by Crippen LogP contribution is 2.45. The smallest absolute Gasteiger partial charge is 0.164 e. The van der Waals surface area contributed by atoms with Crippen LogP contribution in [0.5, 0.6) is 0 Å². The van der Waals surface area contributed by atoms with E-state index in [-0.39, 0.29) is 0 Å². The molecule has 7 heteroatoms. The van der Waals surface area contributed by atoms with Crippen LogP contribution in [0.25, 0.3) is 157 Å². The summed E-state index contributed by atoms with van der Waals surface area (Å²) >= 11 is 3.60. The van der Waals surface area contributed by atoms with Gasteiger partial charge in [-0.3, -0.25) is 0 Å². The van der Waals surface area contributed by atoms with Crippen molar-refractivity contribution in [3.05, 3.63) is 218 Å². The van der Waals surface area contributed by atoms with Gasteiger partial charge in [0.2, 0.25) is 0 Å². The third-order valence-corrected chi connectivity index (χ3v) is 16.9. The van der Waals surface area contributed by atoms with Crippen LogP contribution in [-0.2, 0) is 0 Å². The summed E-state index contributed by atoms with van der Waals surface area (Å²) in [5, 5.41) is 14.1. The fourth-order valence-electron chi connectivity index (χ4n) is 11.3. The van der Waals surface area contributed by atoms with Crippen LogP contribution in [0.2, 0.25) is 0 Å². The zero-order valence-corrected chi connectivity index (χ0v) is 39.9. The molecule has 334 valence electrons. The van der Waals surface area contributed by atoms with E-state index in [4.69, 9.17) is 19.4 Å². The lowest BCUT2D eigenvalue weighted by molar-refractivity contribution is 0.669. The van der Waals surface area contributed by atoms with E-state index in [1.165, 1.54) is 61.9 Å². The van der Waals surface area contributed by atoms with E-state index < -0.39 is 0 Å². The van der Waals surface area contributed by atoms with Crippen molar-refractivity contribution in [2.75, 3.05) is 0 Å². The van der Waals surface area contributed by atoms with E-state index in [0.29, 0.717) is 17.5 Å². The Morgan fingerprint density at radius 2 is 0.806 bits per heavy atom. The van der Waals surface area contributed by atoms with Gasteiger partial charge in [0.15, 0.2) is 17.5 Å². The molecular weight excluding hydrogens is 917 g/mol. The molecule has 0 amide bonds. The van der Waals surface area contributed by atoms with E-state index in [2.05, 4.69) is 211 Å². The molecule has 5 heterocycles. The van der Waals surface area contributed by atoms with Gasteiger partial charge in [-0.25, -0.2) is 15.0 Å². The average Bonchev–Trinajstić information content (AvgIpc) is 4.20. The monoisotopic (exact) mass is 952 g/mol. The van der Waals surface area contributed by atoms with Crippen LogP contribution in [0, 0.1) is 0 Å². The number of thiophene rings is 2. The molecule has 11 aromatic carbocycles. The predicted molar refractivity (Wildman–Crippen MR) is 304 cm³/mol. The van der Waals surface area contributed by atoms with Crippen molar-refractivity contribution in [2.45, 2.75) is 0 Å². The van der Waals surface area contributed by atoms with Crippen molar-refractivity contribution in [1.29, 1.82) is 0 Å². The molecule has 0 unspecified atom stereocenters. The Morgan fingerprint density at radius 1 is 0.319 bits per heavy atom. The van der Waals surface area contributed by atoms with Crippen LogP contribution in [0.3, 0.4) is 0 Å². The molecule has 0 saturated heterocycles. The minimum atomic E-state index is 0.602. The molecule has 0 N–H and O–H groups in total. The number of benzene rings is 11. The first-order valence-electron chi connectivity index (χ1n) is 24.1. The molecule has 0 saturated carbocycles. The molecule has 5 aromatic heterocycles. The van der Waals surface area contributed by atoms with Crippen molar-refractivity contribution < 1.29 is 4.42 Å². The van der Waals surface area contributed by atoms with Crippen molar-refractivity contribution in [3.63, 3.8) is 0 Å². The third-order valence-electron chi connectivity index (χ3n) is 14.6. The van der Waals surface area contributed by atoms with E-state index >= 15 is 0 Å². The van der Waals surface area contributed by atoms with Gasteiger partial charge < -0.3 is 8.98 Å². The molecule has 0 atom stereocenters. The summed E-state index contributed by atoms with van der Waals surface area (Å²) in [5.41, 5.74) is 10.00. The molecule has 0 aliphatic carbocycles. The molecule has 5 nitrogen and oxygen atoms in total. The van der Waals surface area contributed by atoms with Crippen molar-refractivity contribution in [2.24, 2.45) is 0 Å². The number of aromatic nitrogens is 4. The largest absolute Gasteiger partial charge is 0.456 e. The van der Waals surface area contributed by atoms with Gasteiger partial charge in [-0.05, 0) is 112 Å². The minimum Gasteiger partial charge on any atom is -0.456 e. The summed E-state index contributed by atoms with van der Waals surface area (Å²) in [6.07, 6.45) is 0. The molecule has 0 radical (unpaired) electrons. The van der Waals surface area contributed by atoms with Crippen LogP contribution in [-0.4, -0.2) is 19.5 Å². The van der Waals surface area contributed by atoms with E-state index in [1.807, 2.05) is 12.1 Å². The molecule has 0 spiro atoms. The second-order valence-corrected chi connectivity index (χ2v) is 20.8. The first-order valence-corrected chi connectivity index (χ1v) is 25.8. The summed E-state index contributed by atoms with van der Waals surface area (Å²) in [5.74, 6) is 1.88. The molecule has 16 aromatic rings. The number of rotatable bonds is 5. The fourth-order valence-corrected chi connectivity index (χ4v) is 13.6. The van der Waals surface area contributed by atoms with E-state index in [0.717, 1.165) is 77.2 Å². The first-order chi connectivity index (χ1) is 35.6. The van der Waals surface area contributed by atoms with Crippen molar-refractivity contribution >= 4 is 128 Å². The summed E-state index contributed by atoms with van der Waals surface area (Å²) in [6.45, 7) is 0. The van der Waals surface area contributed by atoms with Gasteiger partial charge in [-0.2, -0.15) is 0 Å². The standard InChI is InChI=1S/C65H36N4OS2/c1-3-15-39-35-53-49(31-37(39)13-1)50-32-38-14-2-4-16-40(38)36-54(50)69(53)52-29-27-42(34-48(52)41-28-30-56-51(33-41)43-17-5-8-22-55(43)70-56)63-66-64(46-20-11-25-59-61(46)44-18-6-9-23-57(44)71-59)68-65(67-63)47-21-12-26-60-62(47)45-19-7-10-24-58(45)72-60/h1-36H. The molecule has 16 rings (SSSR count). The average molecular weight is 953 g/mol. The number of para-hydroxylation sites is 1. The SMILES string of the molecule is c1ccc2cc3c(cc2c1)c1cc2ccccc2cc1n3-c1ccc(-c2nc(-c3cccc4sc5ccccc5c34)nc(-c3cccc4sc5ccccc5c34)n2)cc1-c1ccc2oc3ccccc3c2c1. The van der Waals surface area contributed by atoms with Crippen molar-refractivity contribution in [3.8, 4) is 51.0 Å². The van der Waals surface area contributed by atoms with Crippen LogP contribution < -0.4 is 0 Å². The van der Waals surface area contributed by atoms with Crippen LogP contribution in [0.15, 0.2) is 223 Å². The van der Waals surface area contributed by atoms with Gasteiger partial charge in [0.05, 0.1) is 16.7 Å². The zero-order valence-electron chi connectivity index (χ0n) is 38.3. The topological polar surface area (TPSA) is 56.7 Å². The quantitative estimate of drug-likeness (QED) is 0.172. The number of fused-ring (bicyclic) bond motifs is 14. The second-order valence-electron chi connectivity index (χ2n) is 18.7. The normalized spacial score (nSPS) is 12.2. The Balaban J connectivity index is 1.00. The number of furan rings is 1. The maximum absolute atomic E-state index is 6.42. The Hall–Kier alpha value is -9.01. The Labute approximate surface area is 419 Å². The highest BCUT2D eigenvalue weighted by Gasteiger charge is 2.23. The van der Waals surface area contributed by atoms with Gasteiger partial charge in [-0.15, -0.1) is 22.7 Å². The molecular formula is C65H36N4OS2. The van der Waals surface area contributed by atoms with Crippen LogP contribution in [0.4, 0.5) is 0 Å². The number of hydrogen-bond donors (Lipinski definition) is 0. The van der Waals surface area contributed by atoms with E-state index in [1.54, 1.807) is 22.7 Å². The summed E-state index contributed by atoms with van der Waals surface area (Å²) in [6, 6.07) is 78.7. The first kappa shape index (κ1) is 39.8. The lowest BCUT2D eigenvalue weighted by Crippen LogP contribution is -2.02. The van der Waals surface area contributed by atoms with Gasteiger partial charge in [0.25, 0.3) is 0 Å². The highest BCUT2D eigenvalue weighted by atomic mass is 32.1. The molecule has 0 aliphatic rings. The minimum absolute atomic E-state index is 0.602. The van der Waals surface area contributed by atoms with Crippen LogP contribution >= 0.6 is 22.7 Å². The van der Waals surface area contributed by atoms with Crippen molar-refractivity contribution in [1.82, 2.24) is 19.5 Å². The summed E-state index contributed by atoms with van der Waals surface area (Å²) < 4.78 is 13.7. The van der Waals surface area contributed by atoms with Gasteiger partial charge >= 0.3 is 0 Å². The lowest BCUT2D eigenvalue weighted by atomic mass is 9.98. The van der Waals surface area contributed by atoms with E-state index in [9.17, 15) is 0 Å². The summed E-state index contributed by atoms with van der Waals surface area (Å²) in [4.78, 5) is 16.5. The maximum Gasteiger partial charge on any atom is 0.164 e. The lowest BCUT2D eigenvalue weighted by Gasteiger charge is -2.17. The molecule has 0 fully saturated rings. The molecule has 0 aliphatic heterocycles. The fraction of sp³-hybridized carbons (Fsp3) is 0. The molecule has 72 heavy (non-hydrogen) atoms. The van der Waals surface area contributed by atoms with Crippen LogP contribution in [0.1, 0.15) is 0 Å². The second kappa shape index (κ2) is 15.2.